The highest BCUT2D eigenvalue weighted by Crippen LogP contribution is 2.16. The number of nitrogens with zero attached hydrogens (tertiary/aromatic N) is 1. The summed E-state index contributed by atoms with van der Waals surface area (Å²) in [6.45, 7) is 2.23. The van der Waals surface area contributed by atoms with Crippen molar-refractivity contribution in [1.29, 1.82) is 0 Å². The maximum absolute atomic E-state index is 11.4. The van der Waals surface area contributed by atoms with Crippen LogP contribution in [-0.2, 0) is 6.54 Å². The van der Waals surface area contributed by atoms with E-state index in [-0.39, 0.29) is 5.78 Å². The zero-order valence-electron chi connectivity index (χ0n) is 8.79. The molecule has 0 amide bonds. The first-order chi connectivity index (χ1) is 7.22. The number of rotatable bonds is 3. The molecule has 1 aromatic heterocycles. The van der Waals surface area contributed by atoms with E-state index in [1.807, 2.05) is 19.2 Å². The van der Waals surface area contributed by atoms with E-state index < -0.39 is 0 Å². The average Bonchev–Trinajstić information content (AvgIpc) is 2.59. The second kappa shape index (κ2) is 3.82. The first-order valence-electron chi connectivity index (χ1n) is 4.85. The van der Waals surface area contributed by atoms with Gasteiger partial charge in [-0.1, -0.05) is 6.07 Å². The van der Waals surface area contributed by atoms with E-state index in [0.29, 0.717) is 12.1 Å². The summed E-state index contributed by atoms with van der Waals surface area (Å²) in [5.74, 6) is 0.893. The Morgan fingerprint density at radius 2 is 2.33 bits per heavy atom. The Balaban J connectivity index is 2.59. The number of Topliss-reactive ketones (excluding diaryl/α,β-unsaturated/α-hetero) is 1. The van der Waals surface area contributed by atoms with E-state index in [9.17, 15) is 4.79 Å². The van der Waals surface area contributed by atoms with Gasteiger partial charge in [0.1, 0.15) is 5.82 Å². The van der Waals surface area contributed by atoms with E-state index in [1.165, 1.54) is 0 Å². The predicted octanol–water partition coefficient (Wildman–Crippen LogP) is 1.48. The van der Waals surface area contributed by atoms with Crippen LogP contribution in [0.4, 0.5) is 0 Å². The Morgan fingerprint density at radius 1 is 1.53 bits per heavy atom. The number of para-hydroxylation sites is 1. The van der Waals surface area contributed by atoms with Crippen LogP contribution < -0.4 is 5.32 Å². The van der Waals surface area contributed by atoms with Crippen molar-refractivity contribution in [1.82, 2.24) is 15.3 Å². The predicted molar refractivity (Wildman–Crippen MR) is 58.9 cm³/mol. The number of ketones is 1. The van der Waals surface area contributed by atoms with E-state index >= 15 is 0 Å². The summed E-state index contributed by atoms with van der Waals surface area (Å²) < 4.78 is 0. The molecule has 0 aliphatic heterocycles. The summed E-state index contributed by atoms with van der Waals surface area (Å²) in [4.78, 5) is 18.9. The molecule has 15 heavy (non-hydrogen) atoms. The second-order valence-electron chi connectivity index (χ2n) is 3.47. The lowest BCUT2D eigenvalue weighted by molar-refractivity contribution is 0.101. The Kier molecular flexibility index (Phi) is 2.51. The second-order valence-corrected chi connectivity index (χ2v) is 3.47. The molecule has 4 heteroatoms. The molecular weight excluding hydrogens is 190 g/mol. The van der Waals surface area contributed by atoms with Gasteiger partial charge in [-0.2, -0.15) is 0 Å². The van der Waals surface area contributed by atoms with Crippen LogP contribution in [0.3, 0.4) is 0 Å². The van der Waals surface area contributed by atoms with Gasteiger partial charge in [-0.15, -0.1) is 0 Å². The minimum atomic E-state index is 0.0445. The Hall–Kier alpha value is -1.68. The third kappa shape index (κ3) is 1.76. The van der Waals surface area contributed by atoms with Crippen LogP contribution in [0.15, 0.2) is 18.2 Å². The number of H-pyrrole nitrogens is 1. The third-order valence-electron chi connectivity index (χ3n) is 2.29. The smallest absolute Gasteiger partial charge is 0.162 e. The van der Waals surface area contributed by atoms with Crippen molar-refractivity contribution in [3.8, 4) is 0 Å². The van der Waals surface area contributed by atoms with Crippen LogP contribution in [0.5, 0.6) is 0 Å². The van der Waals surface area contributed by atoms with Crippen LogP contribution in [0, 0.1) is 0 Å². The number of imidazole rings is 1. The van der Waals surface area contributed by atoms with Gasteiger partial charge in [0.2, 0.25) is 0 Å². The molecule has 0 aliphatic rings. The zero-order chi connectivity index (χ0) is 10.8. The van der Waals surface area contributed by atoms with Crippen molar-refractivity contribution < 1.29 is 4.79 Å². The van der Waals surface area contributed by atoms with Gasteiger partial charge in [0, 0.05) is 5.56 Å². The van der Waals surface area contributed by atoms with E-state index in [2.05, 4.69) is 15.3 Å². The largest absolute Gasteiger partial charge is 0.341 e. The molecule has 0 saturated heterocycles. The topological polar surface area (TPSA) is 57.8 Å². The van der Waals surface area contributed by atoms with Crippen LogP contribution in [-0.4, -0.2) is 22.8 Å². The number of benzene rings is 1. The van der Waals surface area contributed by atoms with Gasteiger partial charge < -0.3 is 10.3 Å². The van der Waals surface area contributed by atoms with Crippen LogP contribution >= 0.6 is 0 Å². The monoisotopic (exact) mass is 203 g/mol. The van der Waals surface area contributed by atoms with Crippen LogP contribution in [0.2, 0.25) is 0 Å². The van der Waals surface area contributed by atoms with Gasteiger partial charge in [0.25, 0.3) is 0 Å². The lowest BCUT2D eigenvalue weighted by atomic mass is 10.1. The Morgan fingerprint density at radius 3 is 3.00 bits per heavy atom. The van der Waals surface area contributed by atoms with Gasteiger partial charge in [-0.3, -0.25) is 4.79 Å². The molecule has 2 N–H and O–H groups in total. The molecule has 2 rings (SSSR count). The number of hydrogen-bond acceptors (Lipinski definition) is 3. The van der Waals surface area contributed by atoms with E-state index in [0.717, 1.165) is 16.9 Å². The lowest BCUT2D eigenvalue weighted by Gasteiger charge is -1.94. The van der Waals surface area contributed by atoms with Crippen LogP contribution in [0.25, 0.3) is 11.0 Å². The molecule has 4 nitrogen and oxygen atoms in total. The number of aromatic amines is 1. The first kappa shape index (κ1) is 9.86. The Bertz CT molecular complexity index is 502. The maximum Gasteiger partial charge on any atom is 0.162 e. The highest BCUT2D eigenvalue weighted by Gasteiger charge is 2.09. The summed E-state index contributed by atoms with van der Waals surface area (Å²) in [5.41, 5.74) is 2.34. The molecule has 0 spiro atoms. The molecule has 0 unspecified atom stereocenters. The van der Waals surface area contributed by atoms with Crippen molar-refractivity contribution >= 4 is 16.8 Å². The lowest BCUT2D eigenvalue weighted by Crippen LogP contribution is -2.06. The highest BCUT2D eigenvalue weighted by molar-refractivity contribution is 6.04. The van der Waals surface area contributed by atoms with E-state index in [1.54, 1.807) is 13.0 Å². The third-order valence-corrected chi connectivity index (χ3v) is 2.29. The van der Waals surface area contributed by atoms with Gasteiger partial charge in [0.05, 0.1) is 17.6 Å². The molecule has 0 radical (unpaired) electrons. The normalized spacial score (nSPS) is 10.8. The summed E-state index contributed by atoms with van der Waals surface area (Å²) in [6, 6.07) is 5.59. The quantitative estimate of drug-likeness (QED) is 0.743. The highest BCUT2D eigenvalue weighted by atomic mass is 16.1. The fourth-order valence-electron chi connectivity index (χ4n) is 1.62. The minimum absolute atomic E-state index is 0.0445. The fraction of sp³-hybridized carbons (Fsp3) is 0.273. The summed E-state index contributed by atoms with van der Waals surface area (Å²) in [5, 5.41) is 3.01. The summed E-state index contributed by atoms with van der Waals surface area (Å²) >= 11 is 0. The zero-order valence-corrected chi connectivity index (χ0v) is 8.79. The molecule has 1 aromatic carbocycles. The Labute approximate surface area is 87.7 Å². The molecule has 0 bridgehead atoms. The maximum atomic E-state index is 11.4. The van der Waals surface area contributed by atoms with Crippen molar-refractivity contribution in [3.63, 3.8) is 0 Å². The number of nitrogens with one attached hydrogen (secondary N) is 2. The molecule has 0 atom stereocenters. The molecular formula is C11H13N3O. The number of fused-ring (bicyclic) bond motifs is 1. The molecule has 0 fully saturated rings. The van der Waals surface area contributed by atoms with Crippen molar-refractivity contribution in [2.45, 2.75) is 13.5 Å². The SMILES string of the molecule is CNCc1nc2c(C(C)=O)cccc2[nH]1. The summed E-state index contributed by atoms with van der Waals surface area (Å²) in [6.07, 6.45) is 0. The van der Waals surface area contributed by atoms with Gasteiger partial charge in [-0.25, -0.2) is 4.98 Å². The number of aromatic nitrogens is 2. The molecule has 0 aliphatic carbocycles. The van der Waals surface area contributed by atoms with Gasteiger partial charge in [-0.05, 0) is 26.1 Å². The molecule has 1 heterocycles. The number of carbonyl (C=O) groups is 1. The standard InChI is InChI=1S/C11H13N3O/c1-7(15)8-4-3-5-9-11(8)14-10(13-9)6-12-2/h3-5,12H,6H2,1-2H3,(H,13,14). The van der Waals surface area contributed by atoms with Crippen LogP contribution in [0.1, 0.15) is 23.1 Å². The summed E-state index contributed by atoms with van der Waals surface area (Å²) in [7, 11) is 1.86. The van der Waals surface area contributed by atoms with Crippen molar-refractivity contribution in [3.05, 3.63) is 29.6 Å². The number of hydrogen-bond donors (Lipinski definition) is 2. The molecule has 0 saturated carbocycles. The van der Waals surface area contributed by atoms with Gasteiger partial charge in [0.15, 0.2) is 5.78 Å². The fourth-order valence-corrected chi connectivity index (χ4v) is 1.62. The molecule has 2 aromatic rings. The average molecular weight is 203 g/mol. The first-order valence-corrected chi connectivity index (χ1v) is 4.85. The van der Waals surface area contributed by atoms with Crippen molar-refractivity contribution in [2.24, 2.45) is 0 Å². The molecule has 78 valence electrons. The number of carbonyl (C=O) groups excluding carboxylic acids is 1. The van der Waals surface area contributed by atoms with Crippen molar-refractivity contribution in [2.75, 3.05) is 7.05 Å². The minimum Gasteiger partial charge on any atom is -0.341 e. The van der Waals surface area contributed by atoms with E-state index in [4.69, 9.17) is 0 Å². The van der Waals surface area contributed by atoms with Gasteiger partial charge >= 0.3 is 0 Å².